The summed E-state index contributed by atoms with van der Waals surface area (Å²) in [5.74, 6) is 0.557. The number of carbonyl (C=O) groups excluding carboxylic acids is 1. The zero-order chi connectivity index (χ0) is 19.2. The number of methoxy groups -OCH3 is 1. The number of hydrogen-bond acceptors (Lipinski definition) is 4. The summed E-state index contributed by atoms with van der Waals surface area (Å²) in [6, 6.07) is 15.3. The minimum atomic E-state index is -0.189. The minimum absolute atomic E-state index is 0.189. The van der Waals surface area contributed by atoms with Crippen LogP contribution in [0.4, 0.5) is 5.69 Å². The summed E-state index contributed by atoms with van der Waals surface area (Å²) in [6.07, 6.45) is 1.59. The number of carbonyl (C=O) groups is 1. The van der Waals surface area contributed by atoms with Crippen LogP contribution in [-0.2, 0) is 4.74 Å². The highest BCUT2D eigenvalue weighted by Gasteiger charge is 2.16. The van der Waals surface area contributed by atoms with Crippen molar-refractivity contribution in [2.24, 2.45) is 0 Å². The maximum absolute atomic E-state index is 12.7. The van der Waals surface area contributed by atoms with Gasteiger partial charge in [-0.2, -0.15) is 5.10 Å². The molecule has 0 bridgehead atoms. The third kappa shape index (κ3) is 4.35. The molecule has 0 aliphatic carbocycles. The molecular formula is C21H23N3O3. The van der Waals surface area contributed by atoms with Gasteiger partial charge in [0.15, 0.2) is 0 Å². The molecule has 0 saturated heterocycles. The quantitative estimate of drug-likeness (QED) is 0.648. The third-order valence-corrected chi connectivity index (χ3v) is 4.26. The predicted octanol–water partition coefficient (Wildman–Crippen LogP) is 3.77. The fourth-order valence-electron chi connectivity index (χ4n) is 2.76. The molecule has 0 saturated carbocycles. The van der Waals surface area contributed by atoms with E-state index in [-0.39, 0.29) is 5.91 Å². The van der Waals surface area contributed by atoms with Crippen molar-refractivity contribution in [3.8, 4) is 11.4 Å². The van der Waals surface area contributed by atoms with Gasteiger partial charge in [-0.1, -0.05) is 18.2 Å². The summed E-state index contributed by atoms with van der Waals surface area (Å²) < 4.78 is 12.3. The van der Waals surface area contributed by atoms with Crippen molar-refractivity contribution in [3.63, 3.8) is 0 Å². The molecule has 1 heterocycles. The number of nitrogens with zero attached hydrogens (tertiary/aromatic N) is 2. The molecule has 0 radical (unpaired) electrons. The topological polar surface area (TPSA) is 65.4 Å². The highest BCUT2D eigenvalue weighted by molar-refractivity contribution is 6.05. The highest BCUT2D eigenvalue weighted by Crippen LogP contribution is 2.23. The number of nitrogens with one attached hydrogen (secondary N) is 1. The van der Waals surface area contributed by atoms with Crippen LogP contribution in [0.5, 0.6) is 5.75 Å². The number of ether oxygens (including phenoxy) is 2. The SMILES string of the molecule is COCCOc1ccc(NC(=O)c2cnn(-c3ccccc3)c2C)c(C)c1. The average molecular weight is 365 g/mol. The van der Waals surface area contributed by atoms with Gasteiger partial charge in [0.05, 0.1) is 29.7 Å². The van der Waals surface area contributed by atoms with Crippen LogP contribution in [0.1, 0.15) is 21.6 Å². The lowest BCUT2D eigenvalue weighted by Gasteiger charge is -2.11. The number of hydrogen-bond donors (Lipinski definition) is 1. The van der Waals surface area contributed by atoms with E-state index in [2.05, 4.69) is 10.4 Å². The number of aromatic nitrogens is 2. The Bertz CT molecular complexity index is 920. The fourth-order valence-corrected chi connectivity index (χ4v) is 2.76. The van der Waals surface area contributed by atoms with Crippen molar-refractivity contribution >= 4 is 11.6 Å². The van der Waals surface area contributed by atoms with E-state index in [1.807, 2.05) is 62.4 Å². The van der Waals surface area contributed by atoms with Gasteiger partial charge >= 0.3 is 0 Å². The van der Waals surface area contributed by atoms with Crippen LogP contribution in [0.15, 0.2) is 54.7 Å². The van der Waals surface area contributed by atoms with Crippen molar-refractivity contribution in [1.82, 2.24) is 9.78 Å². The van der Waals surface area contributed by atoms with Crippen LogP contribution in [0.3, 0.4) is 0 Å². The van der Waals surface area contributed by atoms with Crippen molar-refractivity contribution in [2.45, 2.75) is 13.8 Å². The van der Waals surface area contributed by atoms with Crippen LogP contribution >= 0.6 is 0 Å². The zero-order valence-corrected chi connectivity index (χ0v) is 15.7. The van der Waals surface area contributed by atoms with E-state index < -0.39 is 0 Å². The molecule has 0 atom stereocenters. The lowest BCUT2D eigenvalue weighted by atomic mass is 10.1. The van der Waals surface area contributed by atoms with Crippen LogP contribution in [0, 0.1) is 13.8 Å². The van der Waals surface area contributed by atoms with E-state index in [4.69, 9.17) is 9.47 Å². The first kappa shape index (κ1) is 18.7. The molecule has 6 nitrogen and oxygen atoms in total. The van der Waals surface area contributed by atoms with Gasteiger partial charge in [0.2, 0.25) is 0 Å². The maximum atomic E-state index is 12.7. The van der Waals surface area contributed by atoms with Crippen molar-refractivity contribution in [3.05, 3.63) is 71.5 Å². The molecule has 3 aromatic rings. The van der Waals surface area contributed by atoms with E-state index in [1.165, 1.54) is 0 Å². The second-order valence-electron chi connectivity index (χ2n) is 6.16. The van der Waals surface area contributed by atoms with Gasteiger partial charge in [-0.05, 0) is 49.7 Å². The molecule has 0 aliphatic heterocycles. The zero-order valence-electron chi connectivity index (χ0n) is 15.7. The molecule has 3 rings (SSSR count). The number of anilines is 1. The molecular weight excluding hydrogens is 342 g/mol. The average Bonchev–Trinajstić information content (AvgIpc) is 3.06. The molecule has 2 aromatic carbocycles. The summed E-state index contributed by atoms with van der Waals surface area (Å²) >= 11 is 0. The molecule has 1 N–H and O–H groups in total. The Morgan fingerprint density at radius 2 is 1.89 bits per heavy atom. The first-order valence-electron chi connectivity index (χ1n) is 8.74. The molecule has 1 amide bonds. The first-order chi connectivity index (χ1) is 13.1. The van der Waals surface area contributed by atoms with Crippen molar-refractivity contribution in [2.75, 3.05) is 25.6 Å². The second kappa shape index (κ2) is 8.51. The summed E-state index contributed by atoms with van der Waals surface area (Å²) in [5, 5.41) is 7.31. The minimum Gasteiger partial charge on any atom is -0.491 e. The van der Waals surface area contributed by atoms with Crippen LogP contribution < -0.4 is 10.1 Å². The van der Waals surface area contributed by atoms with E-state index in [0.717, 1.165) is 28.4 Å². The van der Waals surface area contributed by atoms with Gasteiger partial charge in [-0.25, -0.2) is 4.68 Å². The molecule has 1 aromatic heterocycles. The van der Waals surface area contributed by atoms with Crippen molar-refractivity contribution < 1.29 is 14.3 Å². The van der Waals surface area contributed by atoms with E-state index in [1.54, 1.807) is 18.0 Å². The Balaban J connectivity index is 1.73. The Kier molecular flexibility index (Phi) is 5.88. The van der Waals surface area contributed by atoms with Gasteiger partial charge in [0.1, 0.15) is 12.4 Å². The van der Waals surface area contributed by atoms with Gasteiger partial charge in [-0.3, -0.25) is 4.79 Å². The Hall–Kier alpha value is -3.12. The first-order valence-corrected chi connectivity index (χ1v) is 8.74. The fraction of sp³-hybridized carbons (Fsp3) is 0.238. The number of amides is 1. The summed E-state index contributed by atoms with van der Waals surface area (Å²) in [4.78, 5) is 12.7. The number of benzene rings is 2. The van der Waals surface area contributed by atoms with Gasteiger partial charge in [0, 0.05) is 12.8 Å². The maximum Gasteiger partial charge on any atom is 0.259 e. The molecule has 27 heavy (non-hydrogen) atoms. The highest BCUT2D eigenvalue weighted by atomic mass is 16.5. The standard InChI is InChI=1S/C21H23N3O3/c1-15-13-18(27-12-11-26-3)9-10-20(15)23-21(25)19-14-22-24(16(19)2)17-7-5-4-6-8-17/h4-10,13-14H,11-12H2,1-3H3,(H,23,25). The number of para-hydroxylation sites is 1. The predicted molar refractivity (Wildman–Crippen MR) is 105 cm³/mol. The third-order valence-electron chi connectivity index (χ3n) is 4.26. The summed E-state index contributed by atoms with van der Waals surface area (Å²) in [6.45, 7) is 4.83. The lowest BCUT2D eigenvalue weighted by Crippen LogP contribution is -2.14. The molecule has 0 unspecified atom stereocenters. The van der Waals surface area contributed by atoms with Gasteiger partial charge in [0.25, 0.3) is 5.91 Å². The summed E-state index contributed by atoms with van der Waals surface area (Å²) in [5.41, 5.74) is 3.91. The molecule has 0 fully saturated rings. The summed E-state index contributed by atoms with van der Waals surface area (Å²) in [7, 11) is 1.63. The van der Waals surface area contributed by atoms with Crippen LogP contribution in [0.2, 0.25) is 0 Å². The van der Waals surface area contributed by atoms with Crippen LogP contribution in [-0.4, -0.2) is 36.0 Å². The number of rotatable bonds is 7. The monoisotopic (exact) mass is 365 g/mol. The van der Waals surface area contributed by atoms with Crippen LogP contribution in [0.25, 0.3) is 5.69 Å². The van der Waals surface area contributed by atoms with Crippen molar-refractivity contribution in [1.29, 1.82) is 0 Å². The lowest BCUT2D eigenvalue weighted by molar-refractivity contribution is 0.102. The normalized spacial score (nSPS) is 10.6. The second-order valence-corrected chi connectivity index (χ2v) is 6.16. The molecule has 140 valence electrons. The Morgan fingerprint density at radius 3 is 2.59 bits per heavy atom. The molecule has 0 aliphatic rings. The van der Waals surface area contributed by atoms with Gasteiger partial charge in [-0.15, -0.1) is 0 Å². The number of aryl methyl sites for hydroxylation is 1. The van der Waals surface area contributed by atoms with Gasteiger partial charge < -0.3 is 14.8 Å². The molecule has 6 heteroatoms. The van der Waals surface area contributed by atoms with E-state index in [9.17, 15) is 4.79 Å². The van der Waals surface area contributed by atoms with E-state index in [0.29, 0.717) is 18.8 Å². The molecule has 0 spiro atoms. The Morgan fingerprint density at radius 1 is 1.11 bits per heavy atom. The van der Waals surface area contributed by atoms with E-state index >= 15 is 0 Å². The largest absolute Gasteiger partial charge is 0.491 e. The Labute approximate surface area is 158 Å². The smallest absolute Gasteiger partial charge is 0.259 e.